The molecule has 0 aliphatic rings. The monoisotopic (exact) mass is 414 g/mol. The van der Waals surface area contributed by atoms with Gasteiger partial charge in [0, 0.05) is 6.42 Å². The summed E-state index contributed by atoms with van der Waals surface area (Å²) in [6, 6.07) is 11.9. The van der Waals surface area contributed by atoms with Crippen molar-refractivity contribution in [2.45, 2.75) is 20.3 Å². The molecule has 0 saturated heterocycles. The fourth-order valence-electron chi connectivity index (χ4n) is 2.61. The number of benzene rings is 2. The third-order valence-electron chi connectivity index (χ3n) is 4.08. The molecular weight excluding hydrogens is 391 g/mol. The molecule has 0 saturated carbocycles. The first-order chi connectivity index (χ1) is 14.0. The maximum Gasteiger partial charge on any atom is 0.216 e. The summed E-state index contributed by atoms with van der Waals surface area (Å²) in [5.41, 5.74) is 1.74. The van der Waals surface area contributed by atoms with Crippen LogP contribution in [0.25, 0.3) is 0 Å². The lowest BCUT2D eigenvalue weighted by Gasteiger charge is -2.12. The van der Waals surface area contributed by atoms with Gasteiger partial charge in [0.05, 0.1) is 19.9 Å². The zero-order chi connectivity index (χ0) is 20.8. The molecule has 3 aromatic rings. The molecule has 0 aliphatic carbocycles. The van der Waals surface area contributed by atoms with Gasteiger partial charge in [-0.3, -0.25) is 5.10 Å². The van der Waals surface area contributed by atoms with Crippen LogP contribution in [0, 0.1) is 16.5 Å². The lowest BCUT2D eigenvalue weighted by Crippen LogP contribution is -2.05. The predicted octanol–water partition coefficient (Wildman–Crippen LogP) is 4.60. The highest BCUT2D eigenvalue weighted by atomic mass is 32.1. The SMILES string of the molecule is COc1cc(/C=N\n2c(Cc3ccc(F)cc3)n[nH]c2=S)ccc1OCC(C)C. The molecule has 0 aliphatic heterocycles. The van der Waals surface area contributed by atoms with E-state index in [-0.39, 0.29) is 5.82 Å². The van der Waals surface area contributed by atoms with E-state index in [1.54, 1.807) is 30.1 Å². The molecule has 29 heavy (non-hydrogen) atoms. The van der Waals surface area contributed by atoms with Crippen LogP contribution in [-0.4, -0.2) is 34.8 Å². The maximum atomic E-state index is 13.1. The van der Waals surface area contributed by atoms with E-state index >= 15 is 0 Å². The summed E-state index contributed by atoms with van der Waals surface area (Å²) in [7, 11) is 1.60. The molecule has 0 atom stereocenters. The van der Waals surface area contributed by atoms with Crippen molar-refractivity contribution < 1.29 is 13.9 Å². The molecule has 3 rings (SSSR count). The molecule has 1 heterocycles. The molecule has 1 aromatic heterocycles. The van der Waals surface area contributed by atoms with Crippen LogP contribution in [0.2, 0.25) is 0 Å². The number of hydrogen-bond donors (Lipinski definition) is 1. The zero-order valence-electron chi connectivity index (χ0n) is 16.6. The van der Waals surface area contributed by atoms with E-state index < -0.39 is 0 Å². The van der Waals surface area contributed by atoms with E-state index in [9.17, 15) is 4.39 Å². The fourth-order valence-corrected chi connectivity index (χ4v) is 2.81. The Kier molecular flexibility index (Phi) is 6.77. The quantitative estimate of drug-likeness (QED) is 0.432. The van der Waals surface area contributed by atoms with Crippen LogP contribution in [0.5, 0.6) is 11.5 Å². The number of nitrogens with one attached hydrogen (secondary N) is 1. The topological polar surface area (TPSA) is 64.4 Å². The lowest BCUT2D eigenvalue weighted by molar-refractivity contribution is 0.257. The van der Waals surface area contributed by atoms with Crippen molar-refractivity contribution in [2.75, 3.05) is 13.7 Å². The van der Waals surface area contributed by atoms with Gasteiger partial charge in [-0.05, 0) is 59.6 Å². The van der Waals surface area contributed by atoms with Crippen molar-refractivity contribution in [1.82, 2.24) is 14.9 Å². The summed E-state index contributed by atoms with van der Waals surface area (Å²) in [4.78, 5) is 0. The van der Waals surface area contributed by atoms with Gasteiger partial charge in [0.2, 0.25) is 4.77 Å². The lowest BCUT2D eigenvalue weighted by atomic mass is 10.1. The molecule has 6 nitrogen and oxygen atoms in total. The molecule has 0 radical (unpaired) electrons. The van der Waals surface area contributed by atoms with Gasteiger partial charge in [0.1, 0.15) is 5.82 Å². The van der Waals surface area contributed by atoms with Gasteiger partial charge in [-0.15, -0.1) is 0 Å². The first kappa shape index (κ1) is 20.7. The van der Waals surface area contributed by atoms with Crippen LogP contribution in [0.1, 0.15) is 30.8 Å². The number of H-pyrrole nitrogens is 1. The van der Waals surface area contributed by atoms with Gasteiger partial charge in [-0.1, -0.05) is 26.0 Å². The second kappa shape index (κ2) is 9.47. The average Bonchev–Trinajstić information content (AvgIpc) is 3.06. The zero-order valence-corrected chi connectivity index (χ0v) is 17.4. The molecule has 152 valence electrons. The normalized spacial score (nSPS) is 11.3. The number of aromatic nitrogens is 3. The third kappa shape index (κ3) is 5.51. The number of hydrogen-bond acceptors (Lipinski definition) is 5. The van der Waals surface area contributed by atoms with Crippen molar-refractivity contribution >= 4 is 18.4 Å². The van der Waals surface area contributed by atoms with Gasteiger partial charge < -0.3 is 9.47 Å². The van der Waals surface area contributed by atoms with E-state index in [2.05, 4.69) is 29.1 Å². The molecule has 0 bridgehead atoms. The van der Waals surface area contributed by atoms with Crippen molar-refractivity contribution in [1.29, 1.82) is 0 Å². The van der Waals surface area contributed by atoms with Crippen LogP contribution in [0.4, 0.5) is 4.39 Å². The summed E-state index contributed by atoms with van der Waals surface area (Å²) in [5.74, 6) is 2.10. The van der Waals surface area contributed by atoms with Gasteiger partial charge in [-0.25, -0.2) is 4.39 Å². The molecule has 0 unspecified atom stereocenters. The second-order valence-corrected chi connectivity index (χ2v) is 7.31. The number of nitrogens with zero attached hydrogens (tertiary/aromatic N) is 3. The highest BCUT2D eigenvalue weighted by Gasteiger charge is 2.08. The molecular formula is C21H23FN4O2S. The van der Waals surface area contributed by atoms with Gasteiger partial charge in [0.15, 0.2) is 17.3 Å². The minimum atomic E-state index is -0.277. The van der Waals surface area contributed by atoms with Crippen LogP contribution in [0.3, 0.4) is 0 Å². The minimum absolute atomic E-state index is 0.277. The van der Waals surface area contributed by atoms with E-state index in [4.69, 9.17) is 21.7 Å². The highest BCUT2D eigenvalue weighted by molar-refractivity contribution is 7.71. The number of aromatic amines is 1. The molecule has 0 fully saturated rings. The van der Waals surface area contributed by atoms with Crippen LogP contribution in [0.15, 0.2) is 47.6 Å². The molecule has 2 aromatic carbocycles. The van der Waals surface area contributed by atoms with Gasteiger partial charge in [-0.2, -0.15) is 14.9 Å². The molecule has 0 amide bonds. The summed E-state index contributed by atoms with van der Waals surface area (Å²) >= 11 is 5.28. The van der Waals surface area contributed by atoms with Gasteiger partial charge in [0.25, 0.3) is 0 Å². The number of methoxy groups -OCH3 is 1. The van der Waals surface area contributed by atoms with Crippen molar-refractivity contribution in [3.8, 4) is 11.5 Å². The summed E-state index contributed by atoms with van der Waals surface area (Å²) in [6.45, 7) is 4.79. The highest BCUT2D eigenvalue weighted by Crippen LogP contribution is 2.28. The fraction of sp³-hybridized carbons (Fsp3) is 0.286. The predicted molar refractivity (Wildman–Crippen MR) is 113 cm³/mol. The smallest absolute Gasteiger partial charge is 0.216 e. The number of halogens is 1. The van der Waals surface area contributed by atoms with E-state index in [1.165, 1.54) is 12.1 Å². The van der Waals surface area contributed by atoms with E-state index in [0.29, 0.717) is 41.0 Å². The Bertz CT molecular complexity index is 1040. The van der Waals surface area contributed by atoms with E-state index in [1.807, 2.05) is 18.2 Å². The molecule has 0 spiro atoms. The van der Waals surface area contributed by atoms with Crippen molar-refractivity contribution in [3.63, 3.8) is 0 Å². The third-order valence-corrected chi connectivity index (χ3v) is 4.34. The molecule has 8 heteroatoms. The van der Waals surface area contributed by atoms with Crippen molar-refractivity contribution in [2.24, 2.45) is 11.0 Å². The second-order valence-electron chi connectivity index (χ2n) is 6.92. The Morgan fingerprint density at radius 2 is 1.97 bits per heavy atom. The summed E-state index contributed by atoms with van der Waals surface area (Å²) in [5, 5.41) is 11.4. The number of rotatable bonds is 8. The summed E-state index contributed by atoms with van der Waals surface area (Å²) in [6.07, 6.45) is 2.14. The Morgan fingerprint density at radius 1 is 1.21 bits per heavy atom. The minimum Gasteiger partial charge on any atom is -0.493 e. The Morgan fingerprint density at radius 3 is 2.66 bits per heavy atom. The standard InChI is InChI=1S/C21H23FN4O2S/c1-14(2)13-28-18-9-6-16(10-19(18)27-3)12-23-26-20(24-25-21(26)29)11-15-4-7-17(22)8-5-15/h4-10,12,14H,11,13H2,1-3H3,(H,25,29)/b23-12-. The maximum absolute atomic E-state index is 13.1. The van der Waals surface area contributed by atoms with E-state index in [0.717, 1.165) is 11.1 Å². The van der Waals surface area contributed by atoms with Crippen LogP contribution >= 0.6 is 12.2 Å². The van der Waals surface area contributed by atoms with Crippen molar-refractivity contribution in [3.05, 3.63) is 70.0 Å². The van der Waals surface area contributed by atoms with Crippen LogP contribution < -0.4 is 9.47 Å². The summed E-state index contributed by atoms with van der Waals surface area (Å²) < 4.78 is 26.2. The Labute approximate surface area is 174 Å². The average molecular weight is 415 g/mol. The van der Waals surface area contributed by atoms with Crippen LogP contribution in [-0.2, 0) is 6.42 Å². The first-order valence-electron chi connectivity index (χ1n) is 9.22. The van der Waals surface area contributed by atoms with Gasteiger partial charge >= 0.3 is 0 Å². The Hall–Kier alpha value is -3.00. The first-order valence-corrected chi connectivity index (χ1v) is 9.63. The largest absolute Gasteiger partial charge is 0.493 e. The Balaban J connectivity index is 1.80. The molecule has 1 N–H and O–H groups in total. The number of ether oxygens (including phenoxy) is 2.